The summed E-state index contributed by atoms with van der Waals surface area (Å²) in [4.78, 5) is 27.9. The molecule has 1 aliphatic rings. The van der Waals surface area contributed by atoms with Crippen molar-refractivity contribution in [3.05, 3.63) is 83.4 Å². The van der Waals surface area contributed by atoms with E-state index in [0.717, 1.165) is 0 Å². The maximum absolute atomic E-state index is 13.5. The molecule has 34 heavy (non-hydrogen) atoms. The lowest BCUT2D eigenvalue weighted by Gasteiger charge is -2.36. The minimum atomic E-state index is -1.68. The van der Waals surface area contributed by atoms with Gasteiger partial charge in [-0.05, 0) is 12.1 Å². The van der Waals surface area contributed by atoms with Crippen LogP contribution in [0.15, 0.2) is 48.5 Å². The van der Waals surface area contributed by atoms with Crippen LogP contribution in [0.3, 0.4) is 0 Å². The zero-order chi connectivity index (χ0) is 24.6. The molecule has 0 fully saturated rings. The lowest BCUT2D eigenvalue weighted by atomic mass is 10.1. The number of fused-ring (bicyclic) bond motifs is 1. The van der Waals surface area contributed by atoms with Crippen LogP contribution in [0.2, 0.25) is 0 Å². The first-order chi connectivity index (χ1) is 16.2. The molecule has 0 aromatic heterocycles. The number of para-hydroxylation sites is 2. The number of benzene rings is 3. The minimum absolute atomic E-state index is 0.0748. The molecule has 6 nitrogen and oxygen atoms in total. The zero-order valence-electron chi connectivity index (χ0n) is 17.0. The average Bonchev–Trinajstić information content (AvgIpc) is 2.80. The van der Waals surface area contributed by atoms with Gasteiger partial charge in [-0.15, -0.1) is 0 Å². The van der Waals surface area contributed by atoms with Gasteiger partial charge in [0.1, 0.15) is 0 Å². The quantitative estimate of drug-likeness (QED) is 0.370. The second kappa shape index (κ2) is 8.96. The van der Waals surface area contributed by atoms with Crippen molar-refractivity contribution >= 4 is 34.8 Å². The van der Waals surface area contributed by atoms with Crippen LogP contribution in [0.5, 0.6) is 0 Å². The Morgan fingerprint density at radius 3 is 1.26 bits per heavy atom. The Morgan fingerprint density at radius 1 is 0.618 bits per heavy atom. The summed E-state index contributed by atoms with van der Waals surface area (Å²) >= 11 is 0. The third-order valence-corrected chi connectivity index (χ3v) is 4.97. The van der Waals surface area contributed by atoms with Gasteiger partial charge in [0.25, 0.3) is 0 Å². The number of halogens is 6. The van der Waals surface area contributed by atoms with E-state index in [1.165, 1.54) is 21.9 Å². The fourth-order valence-electron chi connectivity index (χ4n) is 3.42. The number of anilines is 4. The van der Waals surface area contributed by atoms with Gasteiger partial charge in [0.2, 0.25) is 0 Å². The molecule has 0 aliphatic carbocycles. The fraction of sp³-hybridized carbons (Fsp3) is 0.0909. The molecule has 3 aromatic carbocycles. The molecule has 0 saturated carbocycles. The molecule has 0 spiro atoms. The molecular formula is C22H14F6N4O2. The van der Waals surface area contributed by atoms with Crippen molar-refractivity contribution in [1.82, 2.24) is 0 Å². The van der Waals surface area contributed by atoms with Crippen LogP contribution in [0.25, 0.3) is 0 Å². The van der Waals surface area contributed by atoms with Gasteiger partial charge >= 0.3 is 12.1 Å². The molecule has 176 valence electrons. The van der Waals surface area contributed by atoms with Crippen LogP contribution in [-0.4, -0.2) is 25.2 Å². The summed E-state index contributed by atoms with van der Waals surface area (Å²) in [6, 6.07) is 7.00. The molecule has 0 atom stereocenters. The molecule has 12 heteroatoms. The fourth-order valence-corrected chi connectivity index (χ4v) is 3.42. The molecule has 0 saturated heterocycles. The number of nitrogens with zero attached hydrogens (tertiary/aromatic N) is 2. The Bertz CT molecular complexity index is 1160. The Labute approximate surface area is 188 Å². The summed E-state index contributed by atoms with van der Waals surface area (Å²) in [5.74, 6) is -9.28. The van der Waals surface area contributed by atoms with Gasteiger partial charge in [-0.3, -0.25) is 9.80 Å². The van der Waals surface area contributed by atoms with Crippen LogP contribution < -0.4 is 20.4 Å². The minimum Gasteiger partial charge on any atom is -0.307 e. The first kappa shape index (κ1) is 23.0. The van der Waals surface area contributed by atoms with Crippen molar-refractivity contribution in [2.75, 3.05) is 33.5 Å². The topological polar surface area (TPSA) is 64.7 Å². The number of amides is 4. The van der Waals surface area contributed by atoms with Crippen LogP contribution in [0, 0.1) is 34.9 Å². The van der Waals surface area contributed by atoms with E-state index in [1.807, 2.05) is 0 Å². The number of urea groups is 2. The Morgan fingerprint density at radius 2 is 0.941 bits per heavy atom. The average molecular weight is 480 g/mol. The SMILES string of the molecule is O=C(Nc1cc(F)c(F)c(F)c1)N1CCN(C(=O)Nc2cc(F)c(F)c(F)c2)c2ccccc21. The van der Waals surface area contributed by atoms with Gasteiger partial charge in [-0.25, -0.2) is 35.9 Å². The monoisotopic (exact) mass is 480 g/mol. The van der Waals surface area contributed by atoms with E-state index in [1.54, 1.807) is 12.1 Å². The van der Waals surface area contributed by atoms with Gasteiger partial charge in [0.05, 0.1) is 11.4 Å². The van der Waals surface area contributed by atoms with Crippen LogP contribution >= 0.6 is 0 Å². The maximum atomic E-state index is 13.5. The van der Waals surface area contributed by atoms with Gasteiger partial charge in [0, 0.05) is 48.7 Å². The Kier molecular flexibility index (Phi) is 6.05. The number of hydrogen-bond acceptors (Lipinski definition) is 2. The van der Waals surface area contributed by atoms with Crippen molar-refractivity contribution in [2.45, 2.75) is 0 Å². The third kappa shape index (κ3) is 4.34. The molecule has 3 aromatic rings. The van der Waals surface area contributed by atoms with Gasteiger partial charge in [-0.2, -0.15) is 0 Å². The van der Waals surface area contributed by atoms with Crippen LogP contribution in [-0.2, 0) is 0 Å². The smallest absolute Gasteiger partial charge is 0.307 e. The molecule has 4 amide bonds. The highest BCUT2D eigenvalue weighted by atomic mass is 19.2. The first-order valence-corrected chi connectivity index (χ1v) is 9.71. The second-order valence-corrected chi connectivity index (χ2v) is 7.16. The van der Waals surface area contributed by atoms with Crippen molar-refractivity contribution in [2.24, 2.45) is 0 Å². The number of hydrogen-bond donors (Lipinski definition) is 2. The number of nitrogens with one attached hydrogen (secondary N) is 2. The Balaban J connectivity index is 1.56. The Hall–Kier alpha value is -4.22. The van der Waals surface area contributed by atoms with Gasteiger partial charge < -0.3 is 10.6 Å². The van der Waals surface area contributed by atoms with E-state index in [9.17, 15) is 35.9 Å². The standard InChI is InChI=1S/C22H14F6N4O2/c23-13-7-11(8-14(24)19(13)27)29-21(33)31-5-6-32(18-4-2-1-3-17(18)31)22(34)30-12-9-15(25)20(28)16(26)10-12/h1-4,7-10H,5-6H2,(H,29,33)(H,30,34). The number of rotatable bonds is 2. The highest BCUT2D eigenvalue weighted by Crippen LogP contribution is 2.34. The number of carbonyl (C=O) groups is 2. The van der Waals surface area contributed by atoms with Gasteiger partial charge in [-0.1, -0.05) is 12.1 Å². The molecule has 1 heterocycles. The largest absolute Gasteiger partial charge is 0.326 e. The third-order valence-electron chi connectivity index (χ3n) is 4.97. The first-order valence-electron chi connectivity index (χ1n) is 9.71. The lowest BCUT2D eigenvalue weighted by molar-refractivity contribution is 0.253. The summed E-state index contributed by atoms with van der Waals surface area (Å²) in [6.45, 7) is -0.150. The molecular weight excluding hydrogens is 466 g/mol. The predicted octanol–water partition coefficient (Wildman–Crippen LogP) is 5.61. The van der Waals surface area contributed by atoms with Crippen molar-refractivity contribution in [3.8, 4) is 0 Å². The predicted molar refractivity (Wildman–Crippen MR) is 112 cm³/mol. The molecule has 0 unspecified atom stereocenters. The summed E-state index contributed by atoms with van der Waals surface area (Å²) in [7, 11) is 0. The molecule has 0 radical (unpaired) electrons. The normalized spacial score (nSPS) is 12.9. The van der Waals surface area contributed by atoms with E-state index < -0.39 is 47.0 Å². The number of carbonyl (C=O) groups excluding carboxylic acids is 2. The summed E-state index contributed by atoms with van der Waals surface area (Å²) < 4.78 is 80.2. The van der Waals surface area contributed by atoms with Gasteiger partial charge in [0.15, 0.2) is 34.9 Å². The van der Waals surface area contributed by atoms with E-state index in [2.05, 4.69) is 10.6 Å². The molecule has 4 rings (SSSR count). The summed E-state index contributed by atoms with van der Waals surface area (Å²) in [6.07, 6.45) is 0. The van der Waals surface area contributed by atoms with Crippen molar-refractivity contribution in [3.63, 3.8) is 0 Å². The van der Waals surface area contributed by atoms with Crippen LogP contribution in [0.1, 0.15) is 0 Å². The second-order valence-electron chi connectivity index (χ2n) is 7.16. The van der Waals surface area contributed by atoms with E-state index in [-0.39, 0.29) is 35.8 Å². The highest BCUT2D eigenvalue weighted by Gasteiger charge is 2.30. The van der Waals surface area contributed by atoms with E-state index in [0.29, 0.717) is 24.3 Å². The van der Waals surface area contributed by atoms with E-state index >= 15 is 0 Å². The van der Waals surface area contributed by atoms with E-state index in [4.69, 9.17) is 0 Å². The maximum Gasteiger partial charge on any atom is 0.326 e. The molecule has 2 N–H and O–H groups in total. The summed E-state index contributed by atoms with van der Waals surface area (Å²) in [5, 5.41) is 4.53. The zero-order valence-corrected chi connectivity index (χ0v) is 17.0. The lowest BCUT2D eigenvalue weighted by Crippen LogP contribution is -2.49. The van der Waals surface area contributed by atoms with Crippen molar-refractivity contribution < 1.29 is 35.9 Å². The summed E-state index contributed by atoms with van der Waals surface area (Å²) in [5.41, 5.74) is -0.166. The van der Waals surface area contributed by atoms with Crippen LogP contribution in [0.4, 0.5) is 58.7 Å². The van der Waals surface area contributed by atoms with Crippen molar-refractivity contribution in [1.29, 1.82) is 0 Å². The highest BCUT2D eigenvalue weighted by molar-refractivity contribution is 6.09. The molecule has 1 aliphatic heterocycles. The molecule has 0 bridgehead atoms.